The molecule has 2 rings (SSSR count). The van der Waals surface area contributed by atoms with Gasteiger partial charge in [0.1, 0.15) is 0 Å². The van der Waals surface area contributed by atoms with Gasteiger partial charge in [0.25, 0.3) is 5.91 Å². The molecule has 0 fully saturated rings. The summed E-state index contributed by atoms with van der Waals surface area (Å²) in [6.07, 6.45) is 6.39. The van der Waals surface area contributed by atoms with Crippen LogP contribution in [0.3, 0.4) is 0 Å². The van der Waals surface area contributed by atoms with Gasteiger partial charge >= 0.3 is 0 Å². The lowest BCUT2D eigenvalue weighted by atomic mass is 9.98. The van der Waals surface area contributed by atoms with Crippen LogP contribution in [0.4, 0.5) is 0 Å². The molecule has 3 nitrogen and oxygen atoms in total. The minimum atomic E-state index is -0.341. The maximum atomic E-state index is 11.8. The molecule has 0 saturated heterocycles. The zero-order valence-electron chi connectivity index (χ0n) is 11.5. The van der Waals surface area contributed by atoms with E-state index >= 15 is 0 Å². The van der Waals surface area contributed by atoms with Gasteiger partial charge in [0.05, 0.1) is 5.71 Å². The van der Waals surface area contributed by atoms with E-state index < -0.39 is 0 Å². The molecule has 1 aliphatic rings. The summed E-state index contributed by atoms with van der Waals surface area (Å²) in [5, 5.41) is 0. The Labute approximate surface area is 118 Å². The van der Waals surface area contributed by atoms with Crippen LogP contribution in [-0.2, 0) is 9.59 Å². The number of allylic oxidation sites excluding steroid dienone is 4. The van der Waals surface area contributed by atoms with Gasteiger partial charge in [-0.3, -0.25) is 9.59 Å². The number of nitrogens with zero attached hydrogens (tertiary/aromatic N) is 1. The maximum Gasteiger partial charge on any atom is 0.270 e. The number of hydrogen-bond donors (Lipinski definition) is 0. The van der Waals surface area contributed by atoms with Crippen LogP contribution < -0.4 is 0 Å². The Balaban J connectivity index is 2.14. The monoisotopic (exact) mass is 265 g/mol. The number of Topliss-reactive ketones (excluding diaryl/α,β-unsaturated/α-hetero) is 1. The fourth-order valence-electron chi connectivity index (χ4n) is 1.89. The van der Waals surface area contributed by atoms with Crippen LogP contribution >= 0.6 is 0 Å². The van der Waals surface area contributed by atoms with E-state index in [1.165, 1.54) is 6.08 Å². The number of hydrogen-bond acceptors (Lipinski definition) is 2. The quantitative estimate of drug-likeness (QED) is 0.609. The first-order valence-corrected chi connectivity index (χ1v) is 6.33. The molecule has 3 heteroatoms. The van der Waals surface area contributed by atoms with Gasteiger partial charge in [-0.1, -0.05) is 30.3 Å². The SMILES string of the molecule is CC1=CC(=NC(=O)/C=C/c2ccccc2)C=C(C)C1=O. The molecule has 0 bridgehead atoms. The normalized spacial score (nSPS) is 15.1. The number of ketones is 1. The number of carbonyl (C=O) groups excluding carboxylic acids is 2. The van der Waals surface area contributed by atoms with Gasteiger partial charge in [-0.25, -0.2) is 4.99 Å². The molecule has 100 valence electrons. The van der Waals surface area contributed by atoms with Crippen molar-refractivity contribution < 1.29 is 9.59 Å². The molecule has 0 N–H and O–H groups in total. The third-order valence-corrected chi connectivity index (χ3v) is 2.90. The van der Waals surface area contributed by atoms with E-state index in [-0.39, 0.29) is 11.7 Å². The van der Waals surface area contributed by atoms with Crippen molar-refractivity contribution in [3.05, 3.63) is 65.3 Å². The summed E-state index contributed by atoms with van der Waals surface area (Å²) in [6.45, 7) is 3.44. The molecule has 1 aromatic carbocycles. The van der Waals surface area contributed by atoms with Crippen LogP contribution in [0.5, 0.6) is 0 Å². The minimum absolute atomic E-state index is 0.00349. The highest BCUT2D eigenvalue weighted by atomic mass is 16.1. The highest BCUT2D eigenvalue weighted by Gasteiger charge is 2.13. The molecular formula is C17H15NO2. The lowest BCUT2D eigenvalue weighted by Gasteiger charge is -2.07. The number of amides is 1. The fraction of sp³-hybridized carbons (Fsp3) is 0.118. The second-order valence-corrected chi connectivity index (χ2v) is 4.60. The zero-order valence-corrected chi connectivity index (χ0v) is 11.5. The van der Waals surface area contributed by atoms with Crippen molar-refractivity contribution in [1.82, 2.24) is 0 Å². The molecule has 20 heavy (non-hydrogen) atoms. The first-order chi connectivity index (χ1) is 9.56. The Kier molecular flexibility index (Phi) is 4.20. The van der Waals surface area contributed by atoms with Gasteiger partial charge in [-0.15, -0.1) is 0 Å². The maximum absolute atomic E-state index is 11.8. The first-order valence-electron chi connectivity index (χ1n) is 6.33. The number of rotatable bonds is 2. The second-order valence-electron chi connectivity index (χ2n) is 4.60. The summed E-state index contributed by atoms with van der Waals surface area (Å²) in [4.78, 5) is 27.3. The highest BCUT2D eigenvalue weighted by molar-refractivity contribution is 6.23. The second kappa shape index (κ2) is 6.06. The number of aliphatic imine (C=N–C) groups is 1. The van der Waals surface area contributed by atoms with E-state index in [9.17, 15) is 9.59 Å². The molecule has 0 aromatic heterocycles. The van der Waals surface area contributed by atoms with Crippen LogP contribution in [0, 0.1) is 0 Å². The van der Waals surface area contributed by atoms with E-state index in [1.54, 1.807) is 32.1 Å². The zero-order chi connectivity index (χ0) is 14.5. The van der Waals surface area contributed by atoms with Crippen molar-refractivity contribution in [2.24, 2.45) is 4.99 Å². The van der Waals surface area contributed by atoms with Gasteiger partial charge in [-0.2, -0.15) is 0 Å². The van der Waals surface area contributed by atoms with Crippen molar-refractivity contribution in [3.63, 3.8) is 0 Å². The lowest BCUT2D eigenvalue weighted by molar-refractivity contribution is -0.113. The Morgan fingerprint density at radius 1 is 1.05 bits per heavy atom. The van der Waals surface area contributed by atoms with Crippen LogP contribution in [0.25, 0.3) is 6.08 Å². The van der Waals surface area contributed by atoms with Crippen LogP contribution in [0.2, 0.25) is 0 Å². The summed E-state index contributed by atoms with van der Waals surface area (Å²) in [5.41, 5.74) is 2.66. The van der Waals surface area contributed by atoms with Crippen molar-refractivity contribution in [3.8, 4) is 0 Å². The number of carbonyl (C=O) groups is 2. The van der Waals surface area contributed by atoms with E-state index in [0.29, 0.717) is 16.9 Å². The molecule has 0 heterocycles. The van der Waals surface area contributed by atoms with Crippen molar-refractivity contribution in [2.75, 3.05) is 0 Å². The Bertz CT molecular complexity index is 637. The molecule has 0 spiro atoms. The topological polar surface area (TPSA) is 46.5 Å². The fourth-order valence-corrected chi connectivity index (χ4v) is 1.89. The van der Waals surface area contributed by atoms with Crippen LogP contribution in [0.1, 0.15) is 19.4 Å². The van der Waals surface area contributed by atoms with Gasteiger partial charge in [0.15, 0.2) is 5.78 Å². The van der Waals surface area contributed by atoms with Crippen molar-refractivity contribution in [1.29, 1.82) is 0 Å². The summed E-state index contributed by atoms with van der Waals surface area (Å²) < 4.78 is 0. The van der Waals surface area contributed by atoms with Crippen LogP contribution in [0.15, 0.2) is 64.7 Å². The average Bonchev–Trinajstić information content (AvgIpc) is 2.43. The molecule has 0 saturated carbocycles. The third kappa shape index (κ3) is 3.48. The Hall–Kier alpha value is -2.55. The lowest BCUT2D eigenvalue weighted by Crippen LogP contribution is -2.11. The molecular weight excluding hydrogens is 250 g/mol. The predicted octanol–water partition coefficient (Wildman–Crippen LogP) is 3.14. The molecule has 1 aliphatic carbocycles. The van der Waals surface area contributed by atoms with Crippen molar-refractivity contribution in [2.45, 2.75) is 13.8 Å². The summed E-state index contributed by atoms with van der Waals surface area (Å²) in [5.74, 6) is -0.345. The Morgan fingerprint density at radius 3 is 2.25 bits per heavy atom. The van der Waals surface area contributed by atoms with Gasteiger partial charge in [-0.05, 0) is 48.8 Å². The molecule has 0 atom stereocenters. The van der Waals surface area contributed by atoms with E-state index in [4.69, 9.17) is 0 Å². The summed E-state index contributed by atoms with van der Waals surface area (Å²) in [7, 11) is 0. The van der Waals surface area contributed by atoms with Crippen molar-refractivity contribution >= 4 is 23.5 Å². The molecule has 1 aromatic rings. The molecule has 0 radical (unpaired) electrons. The standard InChI is InChI=1S/C17H15NO2/c1-12-10-15(11-13(2)17(12)20)18-16(19)9-8-14-6-4-3-5-7-14/h3-11H,1-2H3/b9-8+. The van der Waals surface area contributed by atoms with Gasteiger partial charge in [0.2, 0.25) is 0 Å². The summed E-state index contributed by atoms with van der Waals surface area (Å²) in [6, 6.07) is 9.54. The Morgan fingerprint density at radius 2 is 1.65 bits per heavy atom. The minimum Gasteiger partial charge on any atom is -0.289 e. The average molecular weight is 265 g/mol. The van der Waals surface area contributed by atoms with Crippen LogP contribution in [-0.4, -0.2) is 17.4 Å². The molecule has 1 amide bonds. The van der Waals surface area contributed by atoms with E-state index in [2.05, 4.69) is 4.99 Å². The van der Waals surface area contributed by atoms with E-state index in [1.807, 2.05) is 30.3 Å². The van der Waals surface area contributed by atoms with E-state index in [0.717, 1.165) is 5.56 Å². The number of benzene rings is 1. The molecule has 0 unspecified atom stereocenters. The first kappa shape index (κ1) is 13.9. The summed E-state index contributed by atoms with van der Waals surface area (Å²) >= 11 is 0. The predicted molar refractivity (Wildman–Crippen MR) is 80.4 cm³/mol. The molecule has 0 aliphatic heterocycles. The smallest absolute Gasteiger partial charge is 0.270 e. The largest absolute Gasteiger partial charge is 0.289 e. The third-order valence-electron chi connectivity index (χ3n) is 2.90. The highest BCUT2D eigenvalue weighted by Crippen LogP contribution is 2.12. The van der Waals surface area contributed by atoms with Gasteiger partial charge in [0, 0.05) is 6.08 Å². The van der Waals surface area contributed by atoms with Gasteiger partial charge < -0.3 is 0 Å².